The van der Waals surface area contributed by atoms with Gasteiger partial charge in [0.25, 0.3) is 0 Å². The van der Waals surface area contributed by atoms with Crippen molar-refractivity contribution in [2.45, 2.75) is 47.5 Å². The van der Waals surface area contributed by atoms with Crippen LogP contribution in [0.3, 0.4) is 0 Å². The Bertz CT molecular complexity index is 420. The molecule has 3 N–H and O–H groups in total. The summed E-state index contributed by atoms with van der Waals surface area (Å²) in [4.78, 5) is 0. The Labute approximate surface area is 105 Å². The van der Waals surface area contributed by atoms with E-state index in [9.17, 15) is 0 Å². The van der Waals surface area contributed by atoms with Crippen LogP contribution in [-0.2, 0) is 0 Å². The minimum atomic E-state index is 0.0365. The van der Waals surface area contributed by atoms with E-state index < -0.39 is 0 Å². The van der Waals surface area contributed by atoms with E-state index in [1.165, 1.54) is 28.5 Å². The third-order valence-electron chi connectivity index (χ3n) is 3.92. The van der Waals surface area contributed by atoms with E-state index >= 15 is 0 Å². The fraction of sp³-hybridized carbons (Fsp3) is 0.533. The van der Waals surface area contributed by atoms with E-state index in [0.29, 0.717) is 0 Å². The number of hydrogen-bond donors (Lipinski definition) is 2. The molecule has 94 valence electrons. The molecule has 0 radical (unpaired) electrons. The zero-order chi connectivity index (χ0) is 13.2. The maximum atomic E-state index is 7.20. The summed E-state index contributed by atoms with van der Waals surface area (Å²) in [5, 5.41) is 7.20. The molecule has 0 saturated heterocycles. The molecule has 1 rings (SSSR count). The standard InChI is InChI=1S/C15H24N2/c1-6-12-10(2)14(17)11(3)13(8-7-9-16)15(12,4)5/h6,9,16H,7-8,17H2,1-5H3/b12-6+,16-9?. The first kappa shape index (κ1) is 13.8. The van der Waals surface area contributed by atoms with Crippen molar-refractivity contribution < 1.29 is 0 Å². The van der Waals surface area contributed by atoms with Crippen LogP contribution in [-0.4, -0.2) is 6.21 Å². The predicted octanol–water partition coefficient (Wildman–Crippen LogP) is 3.95. The van der Waals surface area contributed by atoms with E-state index in [0.717, 1.165) is 18.5 Å². The average molecular weight is 232 g/mol. The fourth-order valence-electron chi connectivity index (χ4n) is 2.98. The van der Waals surface area contributed by atoms with Gasteiger partial charge in [0.05, 0.1) is 0 Å². The van der Waals surface area contributed by atoms with Gasteiger partial charge in [-0.1, -0.05) is 25.5 Å². The molecule has 0 amide bonds. The Morgan fingerprint density at radius 1 is 1.24 bits per heavy atom. The van der Waals surface area contributed by atoms with Gasteiger partial charge in [0.1, 0.15) is 0 Å². The van der Waals surface area contributed by atoms with Gasteiger partial charge in [-0.3, -0.25) is 0 Å². The molecule has 0 heterocycles. The van der Waals surface area contributed by atoms with Crippen molar-refractivity contribution in [3.63, 3.8) is 0 Å². The number of hydrogen-bond acceptors (Lipinski definition) is 2. The minimum absolute atomic E-state index is 0.0365. The van der Waals surface area contributed by atoms with Crippen LogP contribution in [0.5, 0.6) is 0 Å². The minimum Gasteiger partial charge on any atom is -0.398 e. The lowest BCUT2D eigenvalue weighted by Gasteiger charge is -2.38. The van der Waals surface area contributed by atoms with Crippen LogP contribution in [0.2, 0.25) is 0 Å². The smallest absolute Gasteiger partial charge is 0.0376 e. The first-order valence-electron chi connectivity index (χ1n) is 6.21. The highest BCUT2D eigenvalue weighted by Crippen LogP contribution is 2.47. The molecule has 0 atom stereocenters. The predicted molar refractivity (Wildman–Crippen MR) is 75.1 cm³/mol. The molecule has 2 heteroatoms. The summed E-state index contributed by atoms with van der Waals surface area (Å²) >= 11 is 0. The molecule has 17 heavy (non-hydrogen) atoms. The summed E-state index contributed by atoms with van der Waals surface area (Å²) in [7, 11) is 0. The van der Waals surface area contributed by atoms with Crippen molar-refractivity contribution in [2.75, 3.05) is 0 Å². The Morgan fingerprint density at radius 3 is 2.29 bits per heavy atom. The Hall–Kier alpha value is -1.31. The van der Waals surface area contributed by atoms with Gasteiger partial charge >= 0.3 is 0 Å². The summed E-state index contributed by atoms with van der Waals surface area (Å²) in [5.74, 6) is 0. The second kappa shape index (κ2) is 4.91. The van der Waals surface area contributed by atoms with Gasteiger partial charge in [-0.25, -0.2) is 0 Å². The van der Waals surface area contributed by atoms with Crippen molar-refractivity contribution in [1.29, 1.82) is 5.41 Å². The SMILES string of the molecule is C/C=C1\C(C)=C(N)C(C)=C(CCC=N)C1(C)C. The number of nitrogens with two attached hydrogens (primary N) is 1. The normalized spacial score (nSPS) is 22.3. The summed E-state index contributed by atoms with van der Waals surface area (Å²) in [6, 6.07) is 0. The van der Waals surface area contributed by atoms with Crippen LogP contribution in [0.15, 0.2) is 34.1 Å². The van der Waals surface area contributed by atoms with Gasteiger partial charge < -0.3 is 11.1 Å². The Kier molecular flexibility index (Phi) is 3.97. The van der Waals surface area contributed by atoms with Crippen LogP contribution in [0.25, 0.3) is 0 Å². The summed E-state index contributed by atoms with van der Waals surface area (Å²) in [5.41, 5.74) is 12.2. The third-order valence-corrected chi connectivity index (χ3v) is 3.92. The van der Waals surface area contributed by atoms with Gasteiger partial charge in [0.15, 0.2) is 0 Å². The van der Waals surface area contributed by atoms with Crippen molar-refractivity contribution in [1.82, 2.24) is 0 Å². The zero-order valence-corrected chi connectivity index (χ0v) is 11.6. The molecule has 1 aliphatic rings. The first-order valence-corrected chi connectivity index (χ1v) is 6.21. The fourth-order valence-corrected chi connectivity index (χ4v) is 2.98. The second-order valence-corrected chi connectivity index (χ2v) is 5.21. The molecule has 0 bridgehead atoms. The highest BCUT2D eigenvalue weighted by Gasteiger charge is 2.34. The Morgan fingerprint density at radius 2 is 1.82 bits per heavy atom. The van der Waals surface area contributed by atoms with E-state index in [4.69, 9.17) is 11.1 Å². The zero-order valence-electron chi connectivity index (χ0n) is 11.6. The lowest BCUT2D eigenvalue weighted by Crippen LogP contribution is -2.27. The van der Waals surface area contributed by atoms with E-state index in [1.54, 1.807) is 0 Å². The molecular formula is C15H24N2. The molecule has 0 unspecified atom stereocenters. The maximum Gasteiger partial charge on any atom is 0.0376 e. The lowest BCUT2D eigenvalue weighted by atomic mass is 9.67. The van der Waals surface area contributed by atoms with Gasteiger partial charge in [-0.15, -0.1) is 0 Å². The van der Waals surface area contributed by atoms with Crippen LogP contribution >= 0.6 is 0 Å². The van der Waals surface area contributed by atoms with Gasteiger partial charge in [-0.05, 0) is 56.5 Å². The quantitative estimate of drug-likeness (QED) is 0.711. The lowest BCUT2D eigenvalue weighted by molar-refractivity contribution is 0.507. The molecule has 0 fully saturated rings. The highest BCUT2D eigenvalue weighted by atomic mass is 14.6. The number of nitrogens with one attached hydrogen (secondary N) is 1. The highest BCUT2D eigenvalue weighted by molar-refractivity contribution is 5.58. The van der Waals surface area contributed by atoms with E-state index in [-0.39, 0.29) is 5.41 Å². The van der Waals surface area contributed by atoms with E-state index in [2.05, 4.69) is 40.7 Å². The second-order valence-electron chi connectivity index (χ2n) is 5.21. The summed E-state index contributed by atoms with van der Waals surface area (Å²) in [6.07, 6.45) is 5.36. The number of rotatable bonds is 3. The van der Waals surface area contributed by atoms with Crippen LogP contribution in [0.4, 0.5) is 0 Å². The van der Waals surface area contributed by atoms with E-state index in [1.807, 2.05) is 0 Å². The van der Waals surface area contributed by atoms with Crippen LogP contribution in [0, 0.1) is 10.8 Å². The topological polar surface area (TPSA) is 49.9 Å². The molecule has 0 spiro atoms. The molecular weight excluding hydrogens is 208 g/mol. The molecule has 0 aromatic rings. The summed E-state index contributed by atoms with van der Waals surface area (Å²) in [6.45, 7) is 10.8. The van der Waals surface area contributed by atoms with Crippen molar-refractivity contribution >= 4 is 6.21 Å². The molecule has 0 aromatic carbocycles. The van der Waals surface area contributed by atoms with Crippen molar-refractivity contribution in [3.05, 3.63) is 34.1 Å². The van der Waals surface area contributed by atoms with Crippen molar-refractivity contribution in [2.24, 2.45) is 11.1 Å². The monoisotopic (exact) mass is 232 g/mol. The largest absolute Gasteiger partial charge is 0.398 e. The maximum absolute atomic E-state index is 7.20. The molecule has 0 saturated carbocycles. The Balaban J connectivity index is 3.36. The van der Waals surface area contributed by atoms with Crippen molar-refractivity contribution in [3.8, 4) is 0 Å². The van der Waals surface area contributed by atoms with Gasteiger partial charge in [-0.2, -0.15) is 0 Å². The molecule has 2 nitrogen and oxygen atoms in total. The summed E-state index contributed by atoms with van der Waals surface area (Å²) < 4.78 is 0. The molecule has 0 aliphatic heterocycles. The first-order chi connectivity index (χ1) is 7.87. The third kappa shape index (κ3) is 2.21. The van der Waals surface area contributed by atoms with Gasteiger partial charge in [0, 0.05) is 11.1 Å². The van der Waals surface area contributed by atoms with Crippen LogP contribution < -0.4 is 5.73 Å². The van der Waals surface area contributed by atoms with Crippen LogP contribution in [0.1, 0.15) is 47.5 Å². The van der Waals surface area contributed by atoms with Gasteiger partial charge in [0.2, 0.25) is 0 Å². The average Bonchev–Trinajstić information content (AvgIpc) is 2.26. The number of allylic oxidation sites excluding steroid dienone is 5. The molecule has 0 aromatic heterocycles. The molecule has 1 aliphatic carbocycles.